The predicted octanol–water partition coefficient (Wildman–Crippen LogP) is 3.11. The summed E-state index contributed by atoms with van der Waals surface area (Å²) in [7, 11) is 0. The van der Waals surface area contributed by atoms with E-state index in [-0.39, 0.29) is 5.82 Å². The van der Waals surface area contributed by atoms with E-state index in [1.54, 1.807) is 12.1 Å². The number of aromatic nitrogens is 2. The van der Waals surface area contributed by atoms with Crippen LogP contribution in [0.4, 0.5) is 10.3 Å². The highest BCUT2D eigenvalue weighted by molar-refractivity contribution is 5.79. The molecule has 2 aromatic carbocycles. The average molecular weight is 255 g/mol. The lowest BCUT2D eigenvalue weighted by atomic mass is 10.2. The molecule has 2 N–H and O–H groups in total. The van der Waals surface area contributed by atoms with Crippen LogP contribution in [0.1, 0.15) is 11.1 Å². The molecule has 0 aliphatic rings. The molecule has 3 rings (SSSR count). The van der Waals surface area contributed by atoms with E-state index in [1.807, 2.05) is 29.7 Å². The summed E-state index contributed by atoms with van der Waals surface area (Å²) in [6, 6.07) is 12.5. The SMILES string of the molecule is Cc1ccc2c(c1)nc(N)n2Cc1ccc(F)cc1. The molecule has 96 valence electrons. The third kappa shape index (κ3) is 2.17. The number of fused-ring (bicyclic) bond motifs is 1. The number of halogens is 1. The number of benzene rings is 2. The Morgan fingerprint density at radius 2 is 1.89 bits per heavy atom. The molecule has 0 radical (unpaired) electrons. The van der Waals surface area contributed by atoms with Gasteiger partial charge >= 0.3 is 0 Å². The van der Waals surface area contributed by atoms with Crippen molar-refractivity contribution in [2.45, 2.75) is 13.5 Å². The highest BCUT2D eigenvalue weighted by Crippen LogP contribution is 2.20. The standard InChI is InChI=1S/C15H14FN3/c1-10-2-7-14-13(8-10)18-15(17)19(14)9-11-3-5-12(16)6-4-11/h2-8H,9H2,1H3,(H2,17,18). The van der Waals surface area contributed by atoms with Gasteiger partial charge in [-0.1, -0.05) is 18.2 Å². The average Bonchev–Trinajstić information content (AvgIpc) is 2.68. The van der Waals surface area contributed by atoms with Crippen molar-refractivity contribution in [1.82, 2.24) is 9.55 Å². The number of aryl methyl sites for hydroxylation is 1. The summed E-state index contributed by atoms with van der Waals surface area (Å²) in [6.07, 6.45) is 0. The van der Waals surface area contributed by atoms with Gasteiger partial charge in [-0.25, -0.2) is 9.37 Å². The Kier molecular flexibility index (Phi) is 2.71. The second kappa shape index (κ2) is 4.39. The van der Waals surface area contributed by atoms with Crippen molar-refractivity contribution in [2.75, 3.05) is 5.73 Å². The van der Waals surface area contributed by atoms with Crippen LogP contribution in [0, 0.1) is 12.7 Å². The molecule has 0 saturated heterocycles. The molecular formula is C15H14FN3. The van der Waals surface area contributed by atoms with E-state index in [1.165, 1.54) is 12.1 Å². The van der Waals surface area contributed by atoms with Gasteiger partial charge in [0.1, 0.15) is 5.82 Å². The van der Waals surface area contributed by atoms with E-state index >= 15 is 0 Å². The number of nitrogen functional groups attached to an aromatic ring is 1. The molecular weight excluding hydrogens is 241 g/mol. The van der Waals surface area contributed by atoms with Crippen molar-refractivity contribution in [3.8, 4) is 0 Å². The molecule has 3 aromatic rings. The fourth-order valence-electron chi connectivity index (χ4n) is 2.20. The van der Waals surface area contributed by atoms with Crippen LogP contribution in [0.2, 0.25) is 0 Å². The third-order valence-electron chi connectivity index (χ3n) is 3.19. The Morgan fingerprint density at radius 3 is 2.63 bits per heavy atom. The number of anilines is 1. The number of nitrogens with zero attached hydrogens (tertiary/aromatic N) is 2. The first-order valence-electron chi connectivity index (χ1n) is 6.10. The number of hydrogen-bond acceptors (Lipinski definition) is 2. The Bertz CT molecular complexity index is 729. The lowest BCUT2D eigenvalue weighted by Crippen LogP contribution is -2.04. The van der Waals surface area contributed by atoms with Gasteiger partial charge in [-0.15, -0.1) is 0 Å². The van der Waals surface area contributed by atoms with Crippen molar-refractivity contribution in [2.24, 2.45) is 0 Å². The molecule has 1 heterocycles. The molecule has 0 spiro atoms. The highest BCUT2D eigenvalue weighted by atomic mass is 19.1. The Balaban J connectivity index is 2.05. The number of hydrogen-bond donors (Lipinski definition) is 1. The van der Waals surface area contributed by atoms with Gasteiger partial charge in [-0.3, -0.25) is 0 Å². The maximum absolute atomic E-state index is 12.9. The predicted molar refractivity (Wildman–Crippen MR) is 74.4 cm³/mol. The molecule has 0 unspecified atom stereocenters. The zero-order chi connectivity index (χ0) is 13.4. The topological polar surface area (TPSA) is 43.8 Å². The molecule has 0 fully saturated rings. The molecule has 0 atom stereocenters. The zero-order valence-corrected chi connectivity index (χ0v) is 10.6. The lowest BCUT2D eigenvalue weighted by Gasteiger charge is -2.06. The van der Waals surface area contributed by atoms with Gasteiger partial charge in [0.25, 0.3) is 0 Å². The summed E-state index contributed by atoms with van der Waals surface area (Å²) in [4.78, 5) is 4.35. The Hall–Kier alpha value is -2.36. The van der Waals surface area contributed by atoms with Crippen LogP contribution < -0.4 is 5.73 Å². The summed E-state index contributed by atoms with van der Waals surface area (Å²) in [5.74, 6) is 0.243. The van der Waals surface area contributed by atoms with Crippen LogP contribution in [-0.2, 0) is 6.54 Å². The third-order valence-corrected chi connectivity index (χ3v) is 3.19. The largest absolute Gasteiger partial charge is 0.369 e. The quantitative estimate of drug-likeness (QED) is 0.764. The van der Waals surface area contributed by atoms with E-state index < -0.39 is 0 Å². The van der Waals surface area contributed by atoms with Gasteiger partial charge in [-0.05, 0) is 42.3 Å². The van der Waals surface area contributed by atoms with Crippen LogP contribution in [0.25, 0.3) is 11.0 Å². The second-order valence-electron chi connectivity index (χ2n) is 4.67. The van der Waals surface area contributed by atoms with Crippen LogP contribution in [0.15, 0.2) is 42.5 Å². The smallest absolute Gasteiger partial charge is 0.201 e. The molecule has 1 aromatic heterocycles. The van der Waals surface area contributed by atoms with Gasteiger partial charge in [0.15, 0.2) is 0 Å². The van der Waals surface area contributed by atoms with Crippen molar-refractivity contribution in [3.05, 3.63) is 59.4 Å². The van der Waals surface area contributed by atoms with Gasteiger partial charge < -0.3 is 10.3 Å². The molecule has 0 bridgehead atoms. The van der Waals surface area contributed by atoms with Crippen LogP contribution in [0.5, 0.6) is 0 Å². The summed E-state index contributed by atoms with van der Waals surface area (Å²) >= 11 is 0. The van der Waals surface area contributed by atoms with Gasteiger partial charge in [0, 0.05) is 0 Å². The minimum absolute atomic E-state index is 0.233. The van der Waals surface area contributed by atoms with Gasteiger partial charge in [0.05, 0.1) is 17.6 Å². The maximum atomic E-state index is 12.9. The van der Waals surface area contributed by atoms with Crippen molar-refractivity contribution in [1.29, 1.82) is 0 Å². The Labute approximate surface area is 110 Å². The molecule has 0 amide bonds. The molecule has 0 aliphatic carbocycles. The molecule has 0 saturated carbocycles. The zero-order valence-electron chi connectivity index (χ0n) is 10.6. The molecule has 3 nitrogen and oxygen atoms in total. The van der Waals surface area contributed by atoms with Crippen molar-refractivity contribution < 1.29 is 4.39 Å². The number of nitrogens with two attached hydrogens (primary N) is 1. The minimum atomic E-state index is -0.233. The van der Waals surface area contributed by atoms with Crippen molar-refractivity contribution >= 4 is 17.0 Å². The van der Waals surface area contributed by atoms with Crippen LogP contribution in [-0.4, -0.2) is 9.55 Å². The number of imidazole rings is 1. The maximum Gasteiger partial charge on any atom is 0.201 e. The fourth-order valence-corrected chi connectivity index (χ4v) is 2.20. The molecule has 0 aliphatic heterocycles. The van der Waals surface area contributed by atoms with E-state index in [0.717, 1.165) is 22.2 Å². The van der Waals surface area contributed by atoms with Gasteiger partial charge in [0.2, 0.25) is 5.95 Å². The highest BCUT2D eigenvalue weighted by Gasteiger charge is 2.08. The molecule has 4 heteroatoms. The first-order chi connectivity index (χ1) is 9.13. The van der Waals surface area contributed by atoms with Gasteiger partial charge in [-0.2, -0.15) is 0 Å². The normalized spacial score (nSPS) is 11.1. The lowest BCUT2D eigenvalue weighted by molar-refractivity contribution is 0.626. The summed E-state index contributed by atoms with van der Waals surface area (Å²) in [5.41, 5.74) is 9.99. The minimum Gasteiger partial charge on any atom is -0.369 e. The van der Waals surface area contributed by atoms with Crippen LogP contribution in [0.3, 0.4) is 0 Å². The van der Waals surface area contributed by atoms with E-state index in [2.05, 4.69) is 4.98 Å². The summed E-state index contributed by atoms with van der Waals surface area (Å²) in [6.45, 7) is 2.61. The number of rotatable bonds is 2. The van der Waals surface area contributed by atoms with Crippen molar-refractivity contribution in [3.63, 3.8) is 0 Å². The first kappa shape index (κ1) is 11.7. The monoisotopic (exact) mass is 255 g/mol. The Morgan fingerprint density at radius 1 is 1.16 bits per heavy atom. The van der Waals surface area contributed by atoms with E-state index in [4.69, 9.17) is 5.73 Å². The van der Waals surface area contributed by atoms with Crippen LogP contribution >= 0.6 is 0 Å². The molecule has 19 heavy (non-hydrogen) atoms. The fraction of sp³-hybridized carbons (Fsp3) is 0.133. The van der Waals surface area contributed by atoms with E-state index in [9.17, 15) is 4.39 Å². The van der Waals surface area contributed by atoms with E-state index in [0.29, 0.717) is 12.5 Å². The first-order valence-corrected chi connectivity index (χ1v) is 6.10. The second-order valence-corrected chi connectivity index (χ2v) is 4.67. The summed E-state index contributed by atoms with van der Waals surface area (Å²) < 4.78 is 14.8. The summed E-state index contributed by atoms with van der Waals surface area (Å²) in [5, 5.41) is 0.